The number of halogens is 1. The van der Waals surface area contributed by atoms with E-state index in [2.05, 4.69) is 15.6 Å². The van der Waals surface area contributed by atoms with Gasteiger partial charge < -0.3 is 15.4 Å². The zero-order chi connectivity index (χ0) is 19.4. The molecule has 0 amide bonds. The van der Waals surface area contributed by atoms with E-state index >= 15 is 0 Å². The molecule has 2 N–H and O–H groups in total. The van der Waals surface area contributed by atoms with Crippen molar-refractivity contribution in [2.45, 2.75) is 19.2 Å². The third-order valence-corrected chi connectivity index (χ3v) is 4.87. The molecular formula is C17H28FN3O3S2. The van der Waals surface area contributed by atoms with Gasteiger partial charge in [-0.2, -0.15) is 11.8 Å². The molecule has 9 heteroatoms. The Morgan fingerprint density at radius 1 is 1.27 bits per heavy atom. The van der Waals surface area contributed by atoms with Gasteiger partial charge in [0.1, 0.15) is 15.7 Å². The van der Waals surface area contributed by atoms with Gasteiger partial charge in [-0.15, -0.1) is 0 Å². The average molecular weight is 406 g/mol. The van der Waals surface area contributed by atoms with Gasteiger partial charge >= 0.3 is 0 Å². The summed E-state index contributed by atoms with van der Waals surface area (Å²) < 4.78 is 40.8. The third-order valence-electron chi connectivity index (χ3n) is 3.36. The molecule has 0 aromatic heterocycles. The van der Waals surface area contributed by atoms with Gasteiger partial charge in [0.05, 0.1) is 25.5 Å². The van der Waals surface area contributed by atoms with E-state index in [1.54, 1.807) is 23.9 Å². The third kappa shape index (κ3) is 9.98. The quantitative estimate of drug-likeness (QED) is 0.332. The Bertz CT molecular complexity index is 682. The van der Waals surface area contributed by atoms with Crippen molar-refractivity contribution in [3.8, 4) is 0 Å². The predicted molar refractivity (Wildman–Crippen MR) is 107 cm³/mol. The topological polar surface area (TPSA) is 79.8 Å². The lowest BCUT2D eigenvalue weighted by molar-refractivity contribution is 0.154. The summed E-state index contributed by atoms with van der Waals surface area (Å²) in [5, 5.41) is 6.28. The van der Waals surface area contributed by atoms with Crippen LogP contribution in [-0.2, 0) is 26.9 Å². The van der Waals surface area contributed by atoms with Gasteiger partial charge in [-0.1, -0.05) is 6.07 Å². The molecule has 0 radical (unpaired) electrons. The maximum atomic E-state index is 13.4. The smallest absolute Gasteiger partial charge is 0.191 e. The number of nitrogens with zero attached hydrogens (tertiary/aromatic N) is 1. The average Bonchev–Trinajstić information content (AvgIpc) is 2.56. The number of ether oxygens (including phenoxy) is 1. The highest BCUT2D eigenvalue weighted by Gasteiger charge is 2.05. The van der Waals surface area contributed by atoms with Crippen molar-refractivity contribution < 1.29 is 17.5 Å². The first-order chi connectivity index (χ1) is 12.4. The minimum Gasteiger partial charge on any atom is -0.379 e. The summed E-state index contributed by atoms with van der Waals surface area (Å²) in [7, 11) is -3.00. The van der Waals surface area contributed by atoms with E-state index in [1.165, 1.54) is 12.3 Å². The van der Waals surface area contributed by atoms with Crippen LogP contribution in [0.1, 0.15) is 18.1 Å². The van der Waals surface area contributed by atoms with E-state index in [0.717, 1.165) is 16.9 Å². The molecule has 0 fully saturated rings. The first kappa shape index (κ1) is 22.7. The van der Waals surface area contributed by atoms with Crippen LogP contribution in [0.15, 0.2) is 23.2 Å². The van der Waals surface area contributed by atoms with Crippen LogP contribution in [0, 0.1) is 5.82 Å². The summed E-state index contributed by atoms with van der Waals surface area (Å²) in [6, 6.07) is 4.77. The fourth-order valence-electron chi connectivity index (χ4n) is 2.10. The fourth-order valence-corrected chi connectivity index (χ4v) is 3.10. The summed E-state index contributed by atoms with van der Waals surface area (Å²) >= 11 is 1.64. The Balaban J connectivity index is 2.53. The maximum absolute atomic E-state index is 13.4. The van der Waals surface area contributed by atoms with Gasteiger partial charge in [0.2, 0.25) is 0 Å². The van der Waals surface area contributed by atoms with Crippen molar-refractivity contribution in [3.63, 3.8) is 0 Å². The van der Waals surface area contributed by atoms with Crippen molar-refractivity contribution in [1.29, 1.82) is 0 Å². The zero-order valence-corrected chi connectivity index (χ0v) is 17.2. The molecule has 0 heterocycles. The number of sulfone groups is 1. The van der Waals surface area contributed by atoms with Crippen LogP contribution in [-0.4, -0.2) is 58.9 Å². The Morgan fingerprint density at radius 2 is 2.04 bits per heavy atom. The number of guanidine groups is 1. The van der Waals surface area contributed by atoms with Gasteiger partial charge in [0.15, 0.2) is 5.96 Å². The number of aliphatic imine (C=N–C) groups is 1. The van der Waals surface area contributed by atoms with Crippen molar-refractivity contribution in [2.24, 2.45) is 4.99 Å². The van der Waals surface area contributed by atoms with Gasteiger partial charge in [-0.05, 0) is 36.4 Å². The van der Waals surface area contributed by atoms with Crippen molar-refractivity contribution >= 4 is 27.6 Å². The molecular weight excluding hydrogens is 377 g/mol. The monoisotopic (exact) mass is 405 g/mol. The molecule has 0 saturated carbocycles. The number of hydrogen-bond donors (Lipinski definition) is 2. The second-order valence-corrected chi connectivity index (χ2v) is 8.84. The highest BCUT2D eigenvalue weighted by atomic mass is 32.2. The predicted octanol–water partition coefficient (Wildman–Crippen LogP) is 1.81. The molecule has 0 aliphatic carbocycles. The second kappa shape index (κ2) is 12.1. The molecule has 1 aromatic rings. The van der Waals surface area contributed by atoms with Crippen LogP contribution < -0.4 is 10.6 Å². The Morgan fingerprint density at radius 3 is 2.69 bits per heavy atom. The van der Waals surface area contributed by atoms with Crippen LogP contribution in [0.4, 0.5) is 4.39 Å². The largest absolute Gasteiger partial charge is 0.379 e. The summed E-state index contributed by atoms with van der Waals surface area (Å²) in [5.41, 5.74) is 1.93. The number of thioether (sulfide) groups is 1. The van der Waals surface area contributed by atoms with Crippen molar-refractivity contribution in [2.75, 3.05) is 44.6 Å². The number of benzene rings is 1. The Kier molecular flexibility index (Phi) is 10.6. The lowest BCUT2D eigenvalue weighted by Crippen LogP contribution is -2.39. The van der Waals surface area contributed by atoms with Gasteiger partial charge in [0.25, 0.3) is 0 Å². The lowest BCUT2D eigenvalue weighted by Gasteiger charge is -2.12. The van der Waals surface area contributed by atoms with Crippen LogP contribution in [0.2, 0.25) is 0 Å². The summed E-state index contributed by atoms with van der Waals surface area (Å²) in [5.74, 6) is 1.15. The van der Waals surface area contributed by atoms with Crippen LogP contribution >= 0.6 is 11.8 Å². The molecule has 0 aliphatic heterocycles. The normalized spacial score (nSPS) is 12.2. The van der Waals surface area contributed by atoms with E-state index in [1.807, 2.05) is 13.2 Å². The van der Waals surface area contributed by atoms with Crippen LogP contribution in [0.3, 0.4) is 0 Å². The Hall–Kier alpha value is -1.32. The molecule has 6 nitrogen and oxygen atoms in total. The van der Waals surface area contributed by atoms with Gasteiger partial charge in [-0.3, -0.25) is 0 Å². The summed E-state index contributed by atoms with van der Waals surface area (Å²) in [4.78, 5) is 4.52. The fraction of sp³-hybridized carbons (Fsp3) is 0.588. The molecule has 0 spiro atoms. The summed E-state index contributed by atoms with van der Waals surface area (Å²) in [6.07, 6.45) is 3.17. The van der Waals surface area contributed by atoms with Crippen molar-refractivity contribution in [3.05, 3.63) is 35.1 Å². The van der Waals surface area contributed by atoms with E-state index in [4.69, 9.17) is 4.74 Å². The molecule has 148 valence electrons. The first-order valence-electron chi connectivity index (χ1n) is 8.39. The van der Waals surface area contributed by atoms with E-state index < -0.39 is 9.84 Å². The number of rotatable bonds is 11. The molecule has 1 rings (SSSR count). The summed E-state index contributed by atoms with van der Waals surface area (Å²) in [6.45, 7) is 4.20. The maximum Gasteiger partial charge on any atom is 0.191 e. The highest BCUT2D eigenvalue weighted by molar-refractivity contribution is 7.97. The molecule has 0 unspecified atom stereocenters. The first-order valence-corrected chi connectivity index (χ1v) is 11.8. The van der Waals surface area contributed by atoms with E-state index in [0.29, 0.717) is 32.2 Å². The minimum atomic E-state index is -3.00. The molecule has 26 heavy (non-hydrogen) atoms. The van der Waals surface area contributed by atoms with Crippen molar-refractivity contribution in [1.82, 2.24) is 10.6 Å². The highest BCUT2D eigenvalue weighted by Crippen LogP contribution is 2.17. The van der Waals surface area contributed by atoms with Gasteiger partial charge in [0, 0.05) is 25.1 Å². The minimum absolute atomic E-state index is 0.0178. The molecule has 0 aliphatic rings. The SMILES string of the molecule is CCNC(=NCc1ccc(F)cc1CSC)NCCOCCS(C)(=O)=O. The molecule has 1 aromatic carbocycles. The molecule has 0 saturated heterocycles. The zero-order valence-electron chi connectivity index (χ0n) is 15.5. The van der Waals surface area contributed by atoms with Crippen LogP contribution in [0.25, 0.3) is 0 Å². The van der Waals surface area contributed by atoms with Gasteiger partial charge in [-0.25, -0.2) is 17.8 Å². The standard InChI is InChI=1S/C17H28FN3O3S2/c1-4-19-17(20-7-8-24-9-10-26(3,22)23)21-12-14-5-6-16(18)11-15(14)13-25-2/h5-6,11H,4,7-10,12-13H2,1-3H3,(H2,19,20,21). The second-order valence-electron chi connectivity index (χ2n) is 5.71. The van der Waals surface area contributed by atoms with E-state index in [-0.39, 0.29) is 18.2 Å². The van der Waals surface area contributed by atoms with E-state index in [9.17, 15) is 12.8 Å². The number of nitrogens with one attached hydrogen (secondary N) is 2. The Labute approximate surface area is 159 Å². The van der Waals surface area contributed by atoms with Crippen LogP contribution in [0.5, 0.6) is 0 Å². The lowest BCUT2D eigenvalue weighted by atomic mass is 10.1. The molecule has 0 atom stereocenters. The number of hydrogen-bond acceptors (Lipinski definition) is 5. The molecule has 0 bridgehead atoms.